The molecular weight excluding hydrogens is 610 g/mol. The number of hydrogen-bond donors (Lipinski definition) is 1. The second-order valence-electron chi connectivity index (χ2n) is 13.0. The average Bonchev–Trinajstić information content (AvgIpc) is 3.73. The molecule has 2 aliphatic rings. The zero-order valence-electron chi connectivity index (χ0n) is 27.1. The first-order chi connectivity index (χ1) is 21.6. The van der Waals surface area contributed by atoms with E-state index in [1.54, 1.807) is 31.4 Å². The lowest BCUT2D eigenvalue weighted by Crippen LogP contribution is -2.41. The molecule has 0 bridgehead atoms. The van der Waals surface area contributed by atoms with Gasteiger partial charge < -0.3 is 23.8 Å². The van der Waals surface area contributed by atoms with Gasteiger partial charge in [0.25, 0.3) is 5.91 Å². The normalized spacial score (nSPS) is 17.3. The molecule has 4 aromatic rings. The topological polar surface area (TPSA) is 107 Å². The smallest absolute Gasteiger partial charge is 0.497 e. The van der Waals surface area contributed by atoms with E-state index in [9.17, 15) is 17.6 Å². The van der Waals surface area contributed by atoms with Crippen LogP contribution in [0.4, 0.5) is 10.1 Å². The van der Waals surface area contributed by atoms with Gasteiger partial charge in [-0.25, -0.2) is 12.8 Å². The summed E-state index contributed by atoms with van der Waals surface area (Å²) in [6.07, 6.45) is 2.96. The minimum Gasteiger partial charge on any atom is -0.497 e. The van der Waals surface area contributed by atoms with Gasteiger partial charge in [0.1, 0.15) is 22.9 Å². The maximum atomic E-state index is 13.7. The minimum absolute atomic E-state index is 0.0257. The van der Waals surface area contributed by atoms with Gasteiger partial charge in [-0.15, -0.1) is 0 Å². The van der Waals surface area contributed by atoms with Crippen molar-refractivity contribution in [1.29, 1.82) is 0 Å². The highest BCUT2D eigenvalue weighted by molar-refractivity contribution is 7.92. The number of hydrogen-bond acceptors (Lipinski definition) is 7. The second-order valence-corrected chi connectivity index (χ2v) is 14.9. The summed E-state index contributed by atoms with van der Waals surface area (Å²) in [5.74, 6) is 0.158. The Morgan fingerprint density at radius 2 is 1.70 bits per heavy atom. The monoisotopic (exact) mass is 648 g/mol. The Bertz CT molecular complexity index is 1920. The van der Waals surface area contributed by atoms with Crippen molar-refractivity contribution in [2.24, 2.45) is 0 Å². The molecule has 1 amide bonds. The standard InChI is InChI=1S/C34H38BFN2O7S/c1-33(2)34(3,4)45-35(44-33)26-15-8-20(16-29(26)42-6)19-38(46(7,40)41)27-18-28-25(17-24(27)21-9-10-21)30(32(39)37-5)31(43-28)22-11-13-23(36)14-12-22/h8,11-18,21H,9-10,19H2,1-7H3,(H,37,39). The maximum Gasteiger partial charge on any atom is 0.498 e. The van der Waals surface area contributed by atoms with Crippen molar-refractivity contribution < 1.29 is 36.1 Å². The molecule has 0 atom stereocenters. The molecule has 0 unspecified atom stereocenters. The quantitative estimate of drug-likeness (QED) is 0.231. The number of amides is 1. The van der Waals surface area contributed by atoms with Gasteiger partial charge in [0.2, 0.25) is 10.0 Å². The van der Waals surface area contributed by atoms with Gasteiger partial charge in [-0.05, 0) is 94.0 Å². The third kappa shape index (κ3) is 5.78. The van der Waals surface area contributed by atoms with Crippen molar-refractivity contribution >= 4 is 45.2 Å². The average molecular weight is 649 g/mol. The van der Waals surface area contributed by atoms with Gasteiger partial charge in [0, 0.05) is 29.5 Å². The molecular formula is C34H38BFN2O7S. The second kappa shape index (κ2) is 11.4. The third-order valence-electron chi connectivity index (χ3n) is 9.22. The van der Waals surface area contributed by atoms with E-state index in [1.165, 1.54) is 29.7 Å². The van der Waals surface area contributed by atoms with Gasteiger partial charge in [-0.2, -0.15) is 0 Å². The molecule has 1 N–H and O–H groups in total. The number of anilines is 1. The largest absolute Gasteiger partial charge is 0.498 e. The lowest BCUT2D eigenvalue weighted by Gasteiger charge is -2.32. The van der Waals surface area contributed by atoms with Crippen LogP contribution in [0, 0.1) is 5.82 Å². The summed E-state index contributed by atoms with van der Waals surface area (Å²) < 4.78 is 66.4. The van der Waals surface area contributed by atoms with E-state index >= 15 is 0 Å². The summed E-state index contributed by atoms with van der Waals surface area (Å²) in [4.78, 5) is 13.1. The molecule has 46 heavy (non-hydrogen) atoms. The molecule has 2 fully saturated rings. The SMILES string of the molecule is CNC(=O)c1c(-c2ccc(F)cc2)oc2cc(N(Cc3ccc(B4OC(C)(C)C(C)(C)O4)c(OC)c3)S(C)(=O)=O)c(C3CC3)cc12. The number of carbonyl (C=O) groups is 1. The molecule has 1 aliphatic heterocycles. The van der Waals surface area contributed by atoms with Gasteiger partial charge >= 0.3 is 7.12 Å². The van der Waals surface area contributed by atoms with Crippen LogP contribution in [0.1, 0.15) is 67.9 Å². The van der Waals surface area contributed by atoms with E-state index in [2.05, 4.69) is 5.32 Å². The molecule has 0 radical (unpaired) electrons. The first kappa shape index (κ1) is 32.1. The maximum absolute atomic E-state index is 13.7. The highest BCUT2D eigenvalue weighted by atomic mass is 32.2. The number of methoxy groups -OCH3 is 1. The predicted octanol–water partition coefficient (Wildman–Crippen LogP) is 5.75. The first-order valence-corrected chi connectivity index (χ1v) is 17.1. The van der Waals surface area contributed by atoms with Crippen LogP contribution in [-0.2, 0) is 25.9 Å². The lowest BCUT2D eigenvalue weighted by atomic mass is 9.78. The van der Waals surface area contributed by atoms with Crippen LogP contribution in [0.25, 0.3) is 22.3 Å². The number of carbonyl (C=O) groups excluding carboxylic acids is 1. The molecule has 3 aromatic carbocycles. The van der Waals surface area contributed by atoms with Crippen molar-refractivity contribution in [2.75, 3.05) is 24.7 Å². The van der Waals surface area contributed by atoms with Crippen LogP contribution in [0.15, 0.2) is 59.0 Å². The number of fused-ring (bicyclic) bond motifs is 1. The zero-order chi connectivity index (χ0) is 33.2. The Hall–Kier alpha value is -3.87. The van der Waals surface area contributed by atoms with E-state index < -0.39 is 34.2 Å². The van der Waals surface area contributed by atoms with E-state index in [1.807, 2.05) is 45.9 Å². The fraction of sp³-hybridized carbons (Fsp3) is 0.382. The van der Waals surface area contributed by atoms with Crippen LogP contribution >= 0.6 is 0 Å². The van der Waals surface area contributed by atoms with E-state index in [-0.39, 0.29) is 24.1 Å². The summed E-state index contributed by atoms with van der Waals surface area (Å²) >= 11 is 0. The fourth-order valence-corrected chi connectivity index (χ4v) is 6.71. The van der Waals surface area contributed by atoms with Crippen molar-refractivity contribution in [3.63, 3.8) is 0 Å². The third-order valence-corrected chi connectivity index (χ3v) is 10.3. The number of furan rings is 1. The molecule has 1 aromatic heterocycles. The van der Waals surface area contributed by atoms with E-state index in [4.69, 9.17) is 18.5 Å². The Labute approximate surface area is 269 Å². The number of rotatable bonds is 9. The number of benzene rings is 3. The molecule has 1 saturated carbocycles. The number of sulfonamides is 1. The van der Waals surface area contributed by atoms with Crippen LogP contribution in [0.5, 0.6) is 5.75 Å². The van der Waals surface area contributed by atoms with E-state index in [0.29, 0.717) is 44.6 Å². The Morgan fingerprint density at radius 3 is 2.26 bits per heavy atom. The first-order valence-electron chi connectivity index (χ1n) is 15.2. The van der Waals surface area contributed by atoms with Crippen LogP contribution < -0.4 is 19.8 Å². The van der Waals surface area contributed by atoms with Crippen molar-refractivity contribution in [3.05, 3.63) is 77.1 Å². The summed E-state index contributed by atoms with van der Waals surface area (Å²) in [5, 5.41) is 3.24. The minimum atomic E-state index is -3.79. The molecule has 242 valence electrons. The van der Waals surface area contributed by atoms with Crippen LogP contribution in [-0.4, -0.2) is 53.1 Å². The van der Waals surface area contributed by atoms with Gasteiger partial charge in [0.15, 0.2) is 0 Å². The molecule has 6 rings (SSSR count). The lowest BCUT2D eigenvalue weighted by molar-refractivity contribution is 0.00578. The Morgan fingerprint density at radius 1 is 1.04 bits per heavy atom. The van der Waals surface area contributed by atoms with E-state index in [0.717, 1.165) is 18.4 Å². The summed E-state index contributed by atoms with van der Waals surface area (Å²) in [5.41, 5.74) is 2.82. The van der Waals surface area contributed by atoms with Gasteiger partial charge in [-0.1, -0.05) is 12.1 Å². The molecule has 12 heteroatoms. The van der Waals surface area contributed by atoms with Crippen molar-refractivity contribution in [2.45, 2.75) is 64.2 Å². The predicted molar refractivity (Wildman–Crippen MR) is 177 cm³/mol. The van der Waals surface area contributed by atoms with Gasteiger partial charge in [-0.3, -0.25) is 9.10 Å². The molecule has 9 nitrogen and oxygen atoms in total. The fourth-order valence-electron chi connectivity index (χ4n) is 5.81. The highest BCUT2D eigenvalue weighted by Crippen LogP contribution is 2.48. The Kier molecular flexibility index (Phi) is 7.97. The molecule has 0 spiro atoms. The van der Waals surface area contributed by atoms with Crippen molar-refractivity contribution in [1.82, 2.24) is 5.32 Å². The number of nitrogens with one attached hydrogen (secondary N) is 1. The number of halogens is 1. The van der Waals surface area contributed by atoms with Gasteiger partial charge in [0.05, 0.1) is 42.4 Å². The molecule has 2 heterocycles. The van der Waals surface area contributed by atoms with Crippen LogP contribution in [0.3, 0.4) is 0 Å². The number of ether oxygens (including phenoxy) is 1. The zero-order valence-corrected chi connectivity index (χ0v) is 27.9. The summed E-state index contributed by atoms with van der Waals surface area (Å²) in [6.45, 7) is 7.94. The van der Waals surface area contributed by atoms with Crippen molar-refractivity contribution in [3.8, 4) is 17.1 Å². The summed E-state index contributed by atoms with van der Waals surface area (Å²) in [7, 11) is -1.35. The number of nitrogens with zero attached hydrogens (tertiary/aromatic N) is 1. The Balaban J connectivity index is 1.44. The highest BCUT2D eigenvalue weighted by Gasteiger charge is 2.52. The molecule has 1 aliphatic carbocycles. The summed E-state index contributed by atoms with van der Waals surface area (Å²) in [6, 6.07) is 14.7. The molecule has 1 saturated heterocycles. The van der Waals surface area contributed by atoms with Crippen LogP contribution in [0.2, 0.25) is 0 Å².